The number of H-pyrrole nitrogens is 1. The highest BCUT2D eigenvalue weighted by atomic mass is 14.9. The maximum absolute atomic E-state index is 5.68. The van der Waals surface area contributed by atoms with Crippen LogP contribution < -0.4 is 5.73 Å². The van der Waals surface area contributed by atoms with Crippen molar-refractivity contribution in [3.63, 3.8) is 0 Å². The molecule has 1 aromatic carbocycles. The molecule has 1 heterocycles. The number of hydrogen-bond donors (Lipinski definition) is 2. The fourth-order valence-corrected chi connectivity index (χ4v) is 2.99. The predicted molar refractivity (Wildman–Crippen MR) is 78.2 cm³/mol. The van der Waals surface area contributed by atoms with Gasteiger partial charge in [-0.3, -0.25) is 0 Å². The molecule has 0 bridgehead atoms. The predicted octanol–water partition coefficient (Wildman–Crippen LogP) is 2.77. The average molecular weight is 255 g/mol. The molecular weight excluding hydrogens is 234 g/mol. The van der Waals surface area contributed by atoms with Gasteiger partial charge in [0.2, 0.25) is 0 Å². The zero-order valence-corrected chi connectivity index (χ0v) is 11.5. The van der Waals surface area contributed by atoms with E-state index in [1.54, 1.807) is 0 Å². The summed E-state index contributed by atoms with van der Waals surface area (Å²) >= 11 is 0. The quantitative estimate of drug-likeness (QED) is 0.886. The van der Waals surface area contributed by atoms with E-state index in [9.17, 15) is 0 Å². The standard InChI is InChI=1S/C16H21N3/c1-11-18-15(8-9-17)16(19-11)14-7-6-12-4-2-3-5-13(12)10-14/h6-7,10H,2-5,8-9,17H2,1H3,(H,18,19). The molecule has 3 heteroatoms. The van der Waals surface area contributed by atoms with Crippen LogP contribution in [0.2, 0.25) is 0 Å². The lowest BCUT2D eigenvalue weighted by Gasteiger charge is -2.16. The van der Waals surface area contributed by atoms with Gasteiger partial charge in [-0.2, -0.15) is 0 Å². The van der Waals surface area contributed by atoms with Gasteiger partial charge in [-0.15, -0.1) is 0 Å². The first-order valence-electron chi connectivity index (χ1n) is 7.15. The average Bonchev–Trinajstić information content (AvgIpc) is 2.80. The summed E-state index contributed by atoms with van der Waals surface area (Å²) in [5.74, 6) is 0.969. The van der Waals surface area contributed by atoms with Crippen LogP contribution in [0.1, 0.15) is 35.5 Å². The zero-order valence-electron chi connectivity index (χ0n) is 11.5. The van der Waals surface area contributed by atoms with Crippen molar-refractivity contribution in [2.75, 3.05) is 6.54 Å². The van der Waals surface area contributed by atoms with Crippen molar-refractivity contribution in [2.24, 2.45) is 5.73 Å². The number of nitrogens with one attached hydrogen (secondary N) is 1. The third kappa shape index (κ3) is 2.43. The lowest BCUT2D eigenvalue weighted by molar-refractivity contribution is 0.686. The van der Waals surface area contributed by atoms with Crippen LogP contribution in [0.15, 0.2) is 18.2 Å². The lowest BCUT2D eigenvalue weighted by atomic mass is 9.89. The van der Waals surface area contributed by atoms with E-state index in [1.165, 1.54) is 42.4 Å². The number of hydrogen-bond acceptors (Lipinski definition) is 2. The number of nitrogens with zero attached hydrogens (tertiary/aromatic N) is 1. The number of benzene rings is 1. The largest absolute Gasteiger partial charge is 0.346 e. The summed E-state index contributed by atoms with van der Waals surface area (Å²) in [4.78, 5) is 7.97. The van der Waals surface area contributed by atoms with Crippen molar-refractivity contribution in [3.05, 3.63) is 40.8 Å². The molecule has 0 amide bonds. The second kappa shape index (κ2) is 5.17. The Morgan fingerprint density at radius 1 is 1.21 bits per heavy atom. The Morgan fingerprint density at radius 2 is 2.00 bits per heavy atom. The smallest absolute Gasteiger partial charge is 0.103 e. The van der Waals surface area contributed by atoms with Crippen molar-refractivity contribution >= 4 is 0 Å². The topological polar surface area (TPSA) is 54.7 Å². The number of aromatic amines is 1. The van der Waals surface area contributed by atoms with Gasteiger partial charge in [-0.05, 0) is 56.3 Å². The van der Waals surface area contributed by atoms with Crippen molar-refractivity contribution in [3.8, 4) is 11.3 Å². The molecule has 0 radical (unpaired) electrons. The van der Waals surface area contributed by atoms with E-state index in [2.05, 4.69) is 28.2 Å². The van der Waals surface area contributed by atoms with Gasteiger partial charge in [0.25, 0.3) is 0 Å². The van der Waals surface area contributed by atoms with Gasteiger partial charge in [-0.25, -0.2) is 4.98 Å². The summed E-state index contributed by atoms with van der Waals surface area (Å²) in [6.45, 7) is 2.65. The molecule has 0 spiro atoms. The molecule has 0 saturated carbocycles. The fraction of sp³-hybridized carbons (Fsp3) is 0.438. The van der Waals surface area contributed by atoms with E-state index in [4.69, 9.17) is 5.73 Å². The molecule has 19 heavy (non-hydrogen) atoms. The van der Waals surface area contributed by atoms with Gasteiger partial charge >= 0.3 is 0 Å². The minimum atomic E-state index is 0.652. The third-order valence-electron chi connectivity index (χ3n) is 3.91. The molecule has 3 N–H and O–H groups in total. The lowest BCUT2D eigenvalue weighted by Crippen LogP contribution is -2.05. The van der Waals surface area contributed by atoms with Crippen LogP contribution in [0, 0.1) is 6.92 Å². The second-order valence-electron chi connectivity index (χ2n) is 5.38. The van der Waals surface area contributed by atoms with Crippen LogP contribution in [0.25, 0.3) is 11.3 Å². The summed E-state index contributed by atoms with van der Waals surface area (Å²) in [5, 5.41) is 0. The molecule has 0 fully saturated rings. The Hall–Kier alpha value is -1.61. The molecule has 1 aromatic heterocycles. The van der Waals surface area contributed by atoms with Crippen molar-refractivity contribution in [1.82, 2.24) is 9.97 Å². The molecule has 0 aliphatic heterocycles. The van der Waals surface area contributed by atoms with Crippen LogP contribution in [0.5, 0.6) is 0 Å². The minimum Gasteiger partial charge on any atom is -0.346 e. The summed E-state index contributed by atoms with van der Waals surface area (Å²) in [5.41, 5.74) is 12.2. The van der Waals surface area contributed by atoms with Gasteiger partial charge in [0.1, 0.15) is 5.82 Å². The summed E-state index contributed by atoms with van der Waals surface area (Å²) < 4.78 is 0. The van der Waals surface area contributed by atoms with Crippen molar-refractivity contribution < 1.29 is 0 Å². The van der Waals surface area contributed by atoms with Crippen molar-refractivity contribution in [2.45, 2.75) is 39.0 Å². The van der Waals surface area contributed by atoms with Gasteiger partial charge < -0.3 is 10.7 Å². The number of fused-ring (bicyclic) bond motifs is 1. The Kier molecular flexibility index (Phi) is 3.38. The maximum Gasteiger partial charge on any atom is 0.103 e. The highest BCUT2D eigenvalue weighted by molar-refractivity contribution is 5.64. The Bertz CT molecular complexity index is 584. The van der Waals surface area contributed by atoms with Crippen LogP contribution in [0.4, 0.5) is 0 Å². The number of aromatic nitrogens is 2. The summed E-state index contributed by atoms with van der Waals surface area (Å²) in [6, 6.07) is 6.81. The second-order valence-corrected chi connectivity index (χ2v) is 5.38. The van der Waals surface area contributed by atoms with Crippen LogP contribution in [-0.4, -0.2) is 16.5 Å². The SMILES string of the molecule is Cc1nc(-c2ccc3c(c2)CCCC3)c(CCN)[nH]1. The molecule has 0 atom stereocenters. The number of rotatable bonds is 3. The minimum absolute atomic E-state index is 0.652. The summed E-state index contributed by atoms with van der Waals surface area (Å²) in [7, 11) is 0. The first-order valence-corrected chi connectivity index (χ1v) is 7.15. The van der Waals surface area contributed by atoms with Crippen LogP contribution in [-0.2, 0) is 19.3 Å². The van der Waals surface area contributed by atoms with Gasteiger partial charge in [-0.1, -0.05) is 12.1 Å². The van der Waals surface area contributed by atoms with Crippen LogP contribution in [0.3, 0.4) is 0 Å². The maximum atomic E-state index is 5.68. The number of aryl methyl sites for hydroxylation is 3. The number of imidazole rings is 1. The van der Waals surface area contributed by atoms with Gasteiger partial charge in [0.05, 0.1) is 5.69 Å². The van der Waals surface area contributed by atoms with E-state index in [1.807, 2.05) is 6.92 Å². The van der Waals surface area contributed by atoms with Gasteiger partial charge in [0.15, 0.2) is 0 Å². The van der Waals surface area contributed by atoms with Crippen molar-refractivity contribution in [1.29, 1.82) is 0 Å². The number of nitrogens with two attached hydrogens (primary N) is 1. The molecule has 3 rings (SSSR count). The monoisotopic (exact) mass is 255 g/mol. The first-order chi connectivity index (χ1) is 9.28. The third-order valence-corrected chi connectivity index (χ3v) is 3.91. The first kappa shape index (κ1) is 12.4. The van der Waals surface area contributed by atoms with E-state index < -0.39 is 0 Å². The molecule has 0 saturated heterocycles. The highest BCUT2D eigenvalue weighted by Gasteiger charge is 2.14. The molecule has 0 unspecified atom stereocenters. The van der Waals surface area contributed by atoms with E-state index >= 15 is 0 Å². The molecular formula is C16H21N3. The molecule has 3 nitrogen and oxygen atoms in total. The normalized spacial score (nSPS) is 14.4. The molecule has 100 valence electrons. The van der Waals surface area contributed by atoms with E-state index in [0.29, 0.717) is 6.54 Å². The van der Waals surface area contributed by atoms with E-state index in [-0.39, 0.29) is 0 Å². The zero-order chi connectivity index (χ0) is 13.2. The Morgan fingerprint density at radius 3 is 2.79 bits per heavy atom. The fourth-order valence-electron chi connectivity index (χ4n) is 2.99. The molecule has 1 aliphatic carbocycles. The van der Waals surface area contributed by atoms with Gasteiger partial charge in [0, 0.05) is 17.7 Å². The molecule has 1 aliphatic rings. The van der Waals surface area contributed by atoms with Crippen LogP contribution >= 0.6 is 0 Å². The molecule has 2 aromatic rings. The Labute approximate surface area is 114 Å². The highest BCUT2D eigenvalue weighted by Crippen LogP contribution is 2.28. The Balaban J connectivity index is 2.01. The summed E-state index contributed by atoms with van der Waals surface area (Å²) in [6.07, 6.45) is 5.93. The van der Waals surface area contributed by atoms with E-state index in [0.717, 1.165) is 23.6 Å².